The Kier molecular flexibility index (Phi) is 7.97. The number of methoxy groups -OCH3 is 1. The van der Waals surface area contributed by atoms with Gasteiger partial charge in [0.1, 0.15) is 0 Å². The van der Waals surface area contributed by atoms with Crippen molar-refractivity contribution < 1.29 is 23.1 Å². The minimum Gasteiger partial charge on any atom is -0.481 e. The van der Waals surface area contributed by atoms with Gasteiger partial charge in [0.2, 0.25) is 10.0 Å². The van der Waals surface area contributed by atoms with E-state index >= 15 is 0 Å². The molecule has 2 aromatic carbocycles. The fourth-order valence-electron chi connectivity index (χ4n) is 2.74. The number of sulfonamides is 1. The Balaban J connectivity index is 2.12. The second-order valence-corrected chi connectivity index (χ2v) is 8.04. The van der Waals surface area contributed by atoms with Gasteiger partial charge in [0.25, 0.3) is 0 Å². The molecule has 1 atom stereocenters. The molecule has 6 nitrogen and oxygen atoms in total. The van der Waals surface area contributed by atoms with Crippen LogP contribution in [-0.2, 0) is 32.4 Å². The van der Waals surface area contributed by atoms with Gasteiger partial charge in [-0.2, -0.15) is 0 Å². The van der Waals surface area contributed by atoms with Gasteiger partial charge in [0, 0.05) is 19.6 Å². The van der Waals surface area contributed by atoms with E-state index < -0.39 is 22.0 Å². The number of carboxylic acid groups (broad SMARTS) is 1. The third-order valence-corrected chi connectivity index (χ3v) is 5.72. The van der Waals surface area contributed by atoms with Gasteiger partial charge in [-0.3, -0.25) is 4.79 Å². The van der Waals surface area contributed by atoms with Crippen LogP contribution in [0.4, 0.5) is 0 Å². The van der Waals surface area contributed by atoms with Crippen molar-refractivity contribution in [2.75, 3.05) is 13.7 Å². The summed E-state index contributed by atoms with van der Waals surface area (Å²) in [6, 6.07) is 15.6. The molecule has 0 saturated heterocycles. The fraction of sp³-hybridized carbons (Fsp3) is 0.350. The zero-order valence-corrected chi connectivity index (χ0v) is 16.1. The van der Waals surface area contributed by atoms with Crippen LogP contribution in [0.25, 0.3) is 0 Å². The summed E-state index contributed by atoms with van der Waals surface area (Å²) in [7, 11) is -2.12. The van der Waals surface area contributed by atoms with Crippen LogP contribution in [-0.4, -0.2) is 39.3 Å². The van der Waals surface area contributed by atoms with Gasteiger partial charge in [0.05, 0.1) is 11.5 Å². The summed E-state index contributed by atoms with van der Waals surface area (Å²) < 4.78 is 33.1. The van der Waals surface area contributed by atoms with E-state index in [-0.39, 0.29) is 17.7 Å². The van der Waals surface area contributed by atoms with Crippen LogP contribution in [0, 0.1) is 0 Å². The first-order chi connectivity index (χ1) is 12.9. The lowest BCUT2D eigenvalue weighted by atomic mass is 10.0. The van der Waals surface area contributed by atoms with E-state index in [0.29, 0.717) is 19.4 Å². The average molecular weight is 391 g/mol. The Morgan fingerprint density at radius 1 is 1.07 bits per heavy atom. The van der Waals surface area contributed by atoms with Crippen LogP contribution in [0.3, 0.4) is 0 Å². The molecule has 2 rings (SSSR count). The highest BCUT2D eigenvalue weighted by Crippen LogP contribution is 2.15. The van der Waals surface area contributed by atoms with Gasteiger partial charge in [-0.25, -0.2) is 13.1 Å². The number of nitrogens with one attached hydrogen (secondary N) is 1. The molecule has 2 aromatic rings. The minimum absolute atomic E-state index is 0.101. The molecule has 0 heterocycles. The number of benzene rings is 2. The lowest BCUT2D eigenvalue weighted by Crippen LogP contribution is -2.36. The van der Waals surface area contributed by atoms with E-state index in [9.17, 15) is 13.2 Å². The molecule has 7 heteroatoms. The Morgan fingerprint density at radius 2 is 1.74 bits per heavy atom. The van der Waals surface area contributed by atoms with Crippen LogP contribution >= 0.6 is 0 Å². The zero-order chi connectivity index (χ0) is 19.7. The first-order valence-electron chi connectivity index (χ1n) is 8.76. The third kappa shape index (κ3) is 7.13. The first kappa shape index (κ1) is 21.1. The first-order valence-corrected chi connectivity index (χ1v) is 10.2. The van der Waals surface area contributed by atoms with E-state index in [1.54, 1.807) is 31.4 Å². The predicted octanol–water partition coefficient (Wildman–Crippen LogP) is 2.63. The summed E-state index contributed by atoms with van der Waals surface area (Å²) in [4.78, 5) is 11.1. The number of carbonyl (C=O) groups is 1. The largest absolute Gasteiger partial charge is 0.481 e. The van der Waals surface area contributed by atoms with Crippen LogP contribution in [0.15, 0.2) is 59.5 Å². The monoisotopic (exact) mass is 391 g/mol. The number of aliphatic carboxylic acids is 1. The molecule has 0 radical (unpaired) electrons. The summed E-state index contributed by atoms with van der Waals surface area (Å²) >= 11 is 0. The molecule has 0 spiro atoms. The maximum atomic E-state index is 12.7. The number of rotatable bonds is 11. The van der Waals surface area contributed by atoms with Crippen molar-refractivity contribution in [2.24, 2.45) is 0 Å². The van der Waals surface area contributed by atoms with Gasteiger partial charge in [-0.1, -0.05) is 42.5 Å². The molecule has 1 unspecified atom stereocenters. The predicted molar refractivity (Wildman–Crippen MR) is 103 cm³/mol. The summed E-state index contributed by atoms with van der Waals surface area (Å²) in [6.07, 6.45) is 1.25. The molecule has 146 valence electrons. The smallest absolute Gasteiger partial charge is 0.303 e. The third-order valence-electron chi connectivity index (χ3n) is 4.18. The highest BCUT2D eigenvalue weighted by Gasteiger charge is 2.21. The minimum atomic E-state index is -3.74. The Hall–Kier alpha value is -2.22. The van der Waals surface area contributed by atoms with Gasteiger partial charge in [-0.05, 0) is 42.5 Å². The summed E-state index contributed by atoms with van der Waals surface area (Å²) in [5, 5.41) is 8.96. The lowest BCUT2D eigenvalue weighted by molar-refractivity contribution is -0.137. The highest BCUT2D eigenvalue weighted by molar-refractivity contribution is 7.89. The fourth-order valence-corrected chi connectivity index (χ4v) is 4.01. The topological polar surface area (TPSA) is 92.7 Å². The van der Waals surface area contributed by atoms with Crippen LogP contribution in [0.1, 0.15) is 24.0 Å². The van der Waals surface area contributed by atoms with Gasteiger partial charge in [0.15, 0.2) is 0 Å². The Labute approximate surface area is 160 Å². The molecule has 0 amide bonds. The van der Waals surface area contributed by atoms with Crippen molar-refractivity contribution in [3.63, 3.8) is 0 Å². The molecule has 0 aromatic heterocycles. The van der Waals surface area contributed by atoms with Crippen molar-refractivity contribution in [2.45, 2.75) is 36.6 Å². The average Bonchev–Trinajstić information content (AvgIpc) is 2.65. The van der Waals surface area contributed by atoms with E-state index in [1.165, 1.54) is 0 Å². The summed E-state index contributed by atoms with van der Waals surface area (Å²) in [5.41, 5.74) is 1.94. The van der Waals surface area contributed by atoms with Crippen molar-refractivity contribution >= 4 is 16.0 Å². The normalized spacial score (nSPS) is 12.6. The van der Waals surface area contributed by atoms with Gasteiger partial charge < -0.3 is 9.84 Å². The second-order valence-electron chi connectivity index (χ2n) is 6.33. The van der Waals surface area contributed by atoms with E-state index in [2.05, 4.69) is 4.72 Å². The van der Waals surface area contributed by atoms with Crippen LogP contribution in [0.2, 0.25) is 0 Å². The quantitative estimate of drug-likeness (QED) is 0.614. The molecule has 0 aliphatic heterocycles. The molecular formula is C20H25NO5S. The van der Waals surface area contributed by atoms with E-state index in [0.717, 1.165) is 11.1 Å². The highest BCUT2D eigenvalue weighted by atomic mass is 32.2. The SMILES string of the molecule is COCCc1ccc(S(=O)(=O)NC(CCC(=O)O)Cc2ccccc2)cc1. The van der Waals surface area contributed by atoms with E-state index in [4.69, 9.17) is 9.84 Å². The zero-order valence-electron chi connectivity index (χ0n) is 15.3. The van der Waals surface area contributed by atoms with Gasteiger partial charge in [-0.15, -0.1) is 0 Å². The number of hydrogen-bond acceptors (Lipinski definition) is 4. The standard InChI is InChI=1S/C20H25NO5S/c1-26-14-13-16-7-10-19(11-8-16)27(24,25)21-18(9-12-20(22)23)15-17-5-3-2-4-6-17/h2-8,10-11,18,21H,9,12-15H2,1H3,(H,22,23). The van der Waals surface area contributed by atoms with Gasteiger partial charge >= 0.3 is 5.97 Å². The number of carboxylic acids is 1. The van der Waals surface area contributed by atoms with Crippen molar-refractivity contribution in [1.82, 2.24) is 4.72 Å². The van der Waals surface area contributed by atoms with Crippen LogP contribution < -0.4 is 4.72 Å². The summed E-state index contributed by atoms with van der Waals surface area (Å²) in [6.45, 7) is 0.568. The van der Waals surface area contributed by atoms with Crippen molar-refractivity contribution in [3.8, 4) is 0 Å². The molecular weight excluding hydrogens is 366 g/mol. The molecule has 27 heavy (non-hydrogen) atoms. The summed E-state index contributed by atoms with van der Waals surface area (Å²) in [5.74, 6) is -0.949. The molecule has 0 aliphatic rings. The Morgan fingerprint density at radius 3 is 2.33 bits per heavy atom. The molecule has 0 fully saturated rings. The molecule has 0 aliphatic carbocycles. The Bertz CT molecular complexity index is 819. The molecule has 0 bridgehead atoms. The lowest BCUT2D eigenvalue weighted by Gasteiger charge is -2.18. The van der Waals surface area contributed by atoms with Crippen molar-refractivity contribution in [1.29, 1.82) is 0 Å². The number of hydrogen-bond donors (Lipinski definition) is 2. The van der Waals surface area contributed by atoms with Crippen LogP contribution in [0.5, 0.6) is 0 Å². The maximum absolute atomic E-state index is 12.7. The van der Waals surface area contributed by atoms with E-state index in [1.807, 2.05) is 30.3 Å². The molecule has 2 N–H and O–H groups in total. The molecule has 0 saturated carbocycles. The number of ether oxygens (including phenoxy) is 1. The van der Waals surface area contributed by atoms with Crippen molar-refractivity contribution in [3.05, 3.63) is 65.7 Å². The second kappa shape index (κ2) is 10.2. The maximum Gasteiger partial charge on any atom is 0.303 e.